The molecule has 1 rings (SSSR count). The molecule has 0 spiro atoms. The molecule has 7 heteroatoms. The van der Waals surface area contributed by atoms with Crippen molar-refractivity contribution in [2.24, 2.45) is 0 Å². The van der Waals surface area contributed by atoms with Gasteiger partial charge in [-0.05, 0) is 12.1 Å². The Kier molecular flexibility index (Phi) is 4.45. The first-order chi connectivity index (χ1) is 7.92. The van der Waals surface area contributed by atoms with Crippen LogP contribution >= 0.6 is 0 Å². The zero-order chi connectivity index (χ0) is 12.9. The number of hydrogen-bond acceptors (Lipinski definition) is 2. The monoisotopic (exact) mass is 251 g/mol. The zero-order valence-electron chi connectivity index (χ0n) is 8.50. The summed E-state index contributed by atoms with van der Waals surface area (Å²) in [5, 5.41) is 2.21. The Morgan fingerprint density at radius 3 is 2.41 bits per heavy atom. The highest BCUT2D eigenvalue weighted by Crippen LogP contribution is 2.23. The number of carbonyl (C=O) groups excluding carboxylic acids is 1. The molecular weight excluding hydrogens is 242 g/mol. The molecule has 0 fully saturated rings. The van der Waals surface area contributed by atoms with Crippen molar-refractivity contribution in [3.05, 3.63) is 30.3 Å². The number of rotatable bonds is 5. The predicted octanol–water partition coefficient (Wildman–Crippen LogP) is 2.50. The van der Waals surface area contributed by atoms with Crippen molar-refractivity contribution in [2.75, 3.05) is 11.9 Å². The van der Waals surface area contributed by atoms with Gasteiger partial charge in [0.2, 0.25) is 0 Å². The van der Waals surface area contributed by atoms with Crippen LogP contribution in [-0.4, -0.2) is 25.0 Å². The second-order valence-corrected chi connectivity index (χ2v) is 3.07. The molecule has 0 radical (unpaired) electrons. The van der Waals surface area contributed by atoms with Crippen molar-refractivity contribution in [3.8, 4) is 0 Å². The third-order valence-corrected chi connectivity index (χ3v) is 1.71. The van der Waals surface area contributed by atoms with E-state index >= 15 is 0 Å². The number of amides is 1. The van der Waals surface area contributed by atoms with Crippen LogP contribution in [0, 0.1) is 0 Å². The molecule has 1 aromatic rings. The molecule has 0 aliphatic rings. The quantitative estimate of drug-likeness (QED) is 0.816. The molecule has 0 aliphatic heterocycles. The van der Waals surface area contributed by atoms with E-state index in [0.717, 1.165) is 0 Å². The smallest absolute Gasteiger partial charge is 0.324 e. The number of hydrogen-bond donors (Lipinski definition) is 1. The molecule has 0 aliphatic carbocycles. The van der Waals surface area contributed by atoms with Crippen molar-refractivity contribution in [3.63, 3.8) is 0 Å². The van der Waals surface area contributed by atoms with Crippen LogP contribution < -0.4 is 5.32 Å². The van der Waals surface area contributed by atoms with E-state index in [1.54, 1.807) is 18.2 Å². The second kappa shape index (κ2) is 5.62. The fourth-order valence-corrected chi connectivity index (χ4v) is 0.943. The molecule has 0 unspecified atom stereocenters. The summed E-state index contributed by atoms with van der Waals surface area (Å²) in [5.74, 6) is -0.934. The van der Waals surface area contributed by atoms with Gasteiger partial charge in [-0.3, -0.25) is 4.79 Å². The first kappa shape index (κ1) is 13.4. The third kappa shape index (κ3) is 4.39. The Bertz CT molecular complexity index is 370. The number of benzene rings is 1. The maximum atomic E-state index is 12.3. The summed E-state index contributed by atoms with van der Waals surface area (Å²) in [6.07, 6.45) is -8.58. The van der Waals surface area contributed by atoms with Gasteiger partial charge in [0, 0.05) is 5.69 Å². The Hall–Kier alpha value is -1.63. The molecule has 94 valence electrons. The van der Waals surface area contributed by atoms with Crippen molar-refractivity contribution >= 4 is 11.6 Å². The van der Waals surface area contributed by atoms with Crippen molar-refractivity contribution < 1.29 is 27.1 Å². The summed E-state index contributed by atoms with van der Waals surface area (Å²) >= 11 is 0. The van der Waals surface area contributed by atoms with Gasteiger partial charge >= 0.3 is 12.5 Å². The molecule has 1 N–H and O–H groups in total. The maximum absolute atomic E-state index is 12.3. The number of nitrogens with one attached hydrogen (secondary N) is 1. The van der Waals surface area contributed by atoms with Crippen LogP contribution in [0.15, 0.2) is 30.3 Å². The number of anilines is 1. The molecule has 0 atom stereocenters. The average Bonchev–Trinajstić information content (AvgIpc) is 2.28. The van der Waals surface area contributed by atoms with E-state index in [4.69, 9.17) is 0 Å². The lowest BCUT2D eigenvalue weighted by Gasteiger charge is -2.15. The van der Waals surface area contributed by atoms with Crippen LogP contribution in [0.4, 0.5) is 23.2 Å². The molecule has 0 bridgehead atoms. The number of para-hydroxylation sites is 1. The van der Waals surface area contributed by atoms with Gasteiger partial charge in [0.1, 0.15) is 6.61 Å². The second-order valence-electron chi connectivity index (χ2n) is 3.07. The van der Waals surface area contributed by atoms with E-state index in [0.29, 0.717) is 5.69 Å². The SMILES string of the molecule is O=C(COC(F)(F)C(F)F)Nc1ccccc1. The summed E-state index contributed by atoms with van der Waals surface area (Å²) in [7, 11) is 0. The summed E-state index contributed by atoms with van der Waals surface area (Å²) in [6, 6.07) is 7.96. The largest absolute Gasteiger partial charge is 0.416 e. The van der Waals surface area contributed by atoms with Crippen molar-refractivity contribution in [1.82, 2.24) is 0 Å². The lowest BCUT2D eigenvalue weighted by atomic mass is 10.3. The third-order valence-electron chi connectivity index (χ3n) is 1.71. The van der Waals surface area contributed by atoms with Crippen molar-refractivity contribution in [1.29, 1.82) is 0 Å². The fraction of sp³-hybridized carbons (Fsp3) is 0.300. The zero-order valence-corrected chi connectivity index (χ0v) is 8.50. The van der Waals surface area contributed by atoms with Crippen molar-refractivity contribution in [2.45, 2.75) is 12.5 Å². The summed E-state index contributed by atoms with van der Waals surface area (Å²) < 4.78 is 51.5. The van der Waals surface area contributed by atoms with Crippen LogP contribution in [0.1, 0.15) is 0 Å². The lowest BCUT2D eigenvalue weighted by molar-refractivity contribution is -0.296. The van der Waals surface area contributed by atoms with Crippen LogP contribution in [0.5, 0.6) is 0 Å². The molecule has 0 saturated heterocycles. The number of alkyl halides is 4. The van der Waals surface area contributed by atoms with Gasteiger partial charge in [-0.15, -0.1) is 0 Å². The standard InChI is InChI=1S/C10H9F4NO2/c11-9(12)10(13,14)17-6-8(16)15-7-4-2-1-3-5-7/h1-5,9H,6H2,(H,15,16). The van der Waals surface area contributed by atoms with E-state index in [2.05, 4.69) is 10.1 Å². The van der Waals surface area contributed by atoms with Gasteiger partial charge in [-0.2, -0.15) is 8.78 Å². The summed E-state index contributed by atoms with van der Waals surface area (Å²) in [6.45, 7) is -1.15. The summed E-state index contributed by atoms with van der Waals surface area (Å²) in [5.41, 5.74) is 0.362. The highest BCUT2D eigenvalue weighted by atomic mass is 19.3. The van der Waals surface area contributed by atoms with E-state index in [1.165, 1.54) is 12.1 Å². The Morgan fingerprint density at radius 1 is 1.29 bits per heavy atom. The average molecular weight is 251 g/mol. The Morgan fingerprint density at radius 2 is 1.88 bits per heavy atom. The Labute approximate surface area is 94.4 Å². The molecule has 1 aromatic carbocycles. The van der Waals surface area contributed by atoms with E-state index in [1.807, 2.05) is 0 Å². The van der Waals surface area contributed by atoms with Gasteiger partial charge in [0.15, 0.2) is 0 Å². The minimum atomic E-state index is -4.62. The molecular formula is C10H9F4NO2. The topological polar surface area (TPSA) is 38.3 Å². The van der Waals surface area contributed by atoms with E-state index in [9.17, 15) is 22.4 Å². The molecule has 0 heterocycles. The highest BCUT2D eigenvalue weighted by Gasteiger charge is 2.42. The van der Waals surface area contributed by atoms with Gasteiger partial charge in [-0.1, -0.05) is 18.2 Å². The number of ether oxygens (including phenoxy) is 1. The first-order valence-electron chi connectivity index (χ1n) is 4.56. The summed E-state index contributed by atoms with van der Waals surface area (Å²) in [4.78, 5) is 11.1. The van der Waals surface area contributed by atoms with E-state index in [-0.39, 0.29) is 0 Å². The van der Waals surface area contributed by atoms with Crippen LogP contribution in [0.25, 0.3) is 0 Å². The van der Waals surface area contributed by atoms with Gasteiger partial charge in [0.25, 0.3) is 5.91 Å². The first-order valence-corrected chi connectivity index (χ1v) is 4.56. The maximum Gasteiger partial charge on any atom is 0.416 e. The highest BCUT2D eigenvalue weighted by molar-refractivity contribution is 5.91. The number of carbonyl (C=O) groups is 1. The van der Waals surface area contributed by atoms with Crippen LogP contribution in [0.3, 0.4) is 0 Å². The normalized spacial score (nSPS) is 11.6. The van der Waals surface area contributed by atoms with Gasteiger partial charge in [0.05, 0.1) is 0 Å². The predicted molar refractivity (Wildman–Crippen MR) is 52.0 cm³/mol. The lowest BCUT2D eigenvalue weighted by Crippen LogP contribution is -2.33. The van der Waals surface area contributed by atoms with Gasteiger partial charge in [-0.25, -0.2) is 8.78 Å². The Balaban J connectivity index is 2.41. The minimum absolute atomic E-state index is 0.362. The van der Waals surface area contributed by atoms with E-state index < -0.39 is 25.0 Å². The minimum Gasteiger partial charge on any atom is -0.324 e. The fourth-order valence-electron chi connectivity index (χ4n) is 0.943. The molecule has 0 saturated carbocycles. The van der Waals surface area contributed by atoms with Crippen LogP contribution in [-0.2, 0) is 9.53 Å². The molecule has 3 nitrogen and oxygen atoms in total. The van der Waals surface area contributed by atoms with Gasteiger partial charge < -0.3 is 10.1 Å². The molecule has 1 amide bonds. The molecule has 17 heavy (non-hydrogen) atoms. The van der Waals surface area contributed by atoms with Crippen LogP contribution in [0.2, 0.25) is 0 Å². The molecule has 0 aromatic heterocycles. The number of halogens is 4.